The van der Waals surface area contributed by atoms with Crippen molar-refractivity contribution in [1.29, 1.82) is 0 Å². The summed E-state index contributed by atoms with van der Waals surface area (Å²) in [7, 11) is 0. The molecule has 5 nitrogen and oxygen atoms in total. The molecule has 28 heavy (non-hydrogen) atoms. The predicted octanol–water partition coefficient (Wildman–Crippen LogP) is 5.33. The molecule has 5 rings (SSSR count). The fraction of sp³-hybridized carbons (Fsp3) is 0.136. The molecule has 0 aromatic heterocycles. The number of nitrogens with one attached hydrogen (secondary N) is 1. The topological polar surface area (TPSA) is 52.1 Å². The van der Waals surface area contributed by atoms with E-state index in [1.165, 1.54) is 0 Å². The molecule has 0 saturated carbocycles. The molecule has 0 bridgehead atoms. The van der Waals surface area contributed by atoms with Gasteiger partial charge in [0.2, 0.25) is 0 Å². The Hall–Kier alpha value is -3.18. The Morgan fingerprint density at radius 2 is 1.68 bits per heavy atom. The lowest BCUT2D eigenvalue weighted by molar-refractivity contribution is 0.170. The highest BCUT2D eigenvalue weighted by Crippen LogP contribution is 2.44. The number of nitrogens with zero attached hydrogens (tertiary/aromatic N) is 1. The van der Waals surface area contributed by atoms with Crippen LogP contribution >= 0.6 is 11.6 Å². The van der Waals surface area contributed by atoms with E-state index in [1.807, 2.05) is 66.7 Å². The Morgan fingerprint density at radius 1 is 0.893 bits per heavy atom. The van der Waals surface area contributed by atoms with Gasteiger partial charge in [0.25, 0.3) is 6.02 Å². The number of hydrogen-bond donors (Lipinski definition) is 1. The molecule has 1 unspecified atom stereocenters. The van der Waals surface area contributed by atoms with Gasteiger partial charge in [-0.3, -0.25) is 0 Å². The van der Waals surface area contributed by atoms with Crippen molar-refractivity contribution in [2.75, 3.05) is 18.5 Å². The van der Waals surface area contributed by atoms with Gasteiger partial charge < -0.3 is 19.5 Å². The minimum Gasteiger partial charge on any atom is -0.486 e. The number of aliphatic imine (C=N–C) groups is 1. The molecule has 1 N–H and O–H groups in total. The van der Waals surface area contributed by atoms with E-state index >= 15 is 0 Å². The van der Waals surface area contributed by atoms with Gasteiger partial charge in [-0.25, -0.2) is 0 Å². The zero-order valence-electron chi connectivity index (χ0n) is 14.9. The van der Waals surface area contributed by atoms with Crippen LogP contribution in [0.5, 0.6) is 11.5 Å². The summed E-state index contributed by atoms with van der Waals surface area (Å²) in [5.41, 5.74) is 3.56. The third-order valence-corrected chi connectivity index (χ3v) is 4.84. The van der Waals surface area contributed by atoms with Crippen LogP contribution in [0.3, 0.4) is 0 Å². The molecule has 2 heterocycles. The first-order valence-corrected chi connectivity index (χ1v) is 9.40. The SMILES string of the molecule is Clc1cccc(NC2=Nc3cc4c(cc3C(c3ccccc3)O2)OCCO4)c1. The van der Waals surface area contributed by atoms with E-state index in [9.17, 15) is 0 Å². The van der Waals surface area contributed by atoms with Gasteiger partial charge >= 0.3 is 0 Å². The summed E-state index contributed by atoms with van der Waals surface area (Å²) in [6.45, 7) is 1.06. The largest absolute Gasteiger partial charge is 0.486 e. The van der Waals surface area contributed by atoms with Crippen molar-refractivity contribution in [3.05, 3.63) is 82.9 Å². The minimum atomic E-state index is -0.314. The van der Waals surface area contributed by atoms with Gasteiger partial charge in [0.1, 0.15) is 13.2 Å². The van der Waals surface area contributed by atoms with E-state index in [2.05, 4.69) is 10.3 Å². The van der Waals surface area contributed by atoms with Crippen molar-refractivity contribution in [2.45, 2.75) is 6.10 Å². The van der Waals surface area contributed by atoms with E-state index in [4.69, 9.17) is 25.8 Å². The Morgan fingerprint density at radius 3 is 2.46 bits per heavy atom. The number of fused-ring (bicyclic) bond motifs is 2. The molecule has 0 aliphatic carbocycles. The lowest BCUT2D eigenvalue weighted by Gasteiger charge is -2.28. The molecule has 1 atom stereocenters. The van der Waals surface area contributed by atoms with Crippen LogP contribution < -0.4 is 14.8 Å². The molecule has 3 aromatic rings. The lowest BCUT2D eigenvalue weighted by atomic mass is 9.98. The predicted molar refractivity (Wildman–Crippen MR) is 109 cm³/mol. The summed E-state index contributed by atoms with van der Waals surface area (Å²) in [5, 5.41) is 3.85. The Bertz CT molecular complexity index is 1050. The van der Waals surface area contributed by atoms with Crippen LogP contribution in [0.15, 0.2) is 71.7 Å². The zero-order valence-corrected chi connectivity index (χ0v) is 15.6. The molecule has 6 heteroatoms. The summed E-state index contributed by atoms with van der Waals surface area (Å²) >= 11 is 6.10. The first-order chi connectivity index (χ1) is 13.8. The molecule has 3 aromatic carbocycles. The lowest BCUT2D eigenvalue weighted by Crippen LogP contribution is -2.24. The van der Waals surface area contributed by atoms with Gasteiger partial charge in [0.05, 0.1) is 5.69 Å². The maximum Gasteiger partial charge on any atom is 0.295 e. The van der Waals surface area contributed by atoms with Gasteiger partial charge in [-0.2, -0.15) is 4.99 Å². The average Bonchev–Trinajstić information content (AvgIpc) is 2.72. The van der Waals surface area contributed by atoms with Gasteiger partial charge in [0, 0.05) is 22.3 Å². The first-order valence-electron chi connectivity index (χ1n) is 9.03. The van der Waals surface area contributed by atoms with Crippen molar-refractivity contribution in [2.24, 2.45) is 4.99 Å². The Labute approximate surface area is 167 Å². The molecule has 140 valence electrons. The number of hydrogen-bond acceptors (Lipinski definition) is 5. The van der Waals surface area contributed by atoms with Crippen LogP contribution in [0, 0.1) is 0 Å². The number of benzene rings is 3. The molecule has 0 radical (unpaired) electrons. The summed E-state index contributed by atoms with van der Waals surface area (Å²) in [5.74, 6) is 1.42. The van der Waals surface area contributed by atoms with Crippen LogP contribution in [-0.4, -0.2) is 19.2 Å². The third-order valence-electron chi connectivity index (χ3n) is 4.60. The third kappa shape index (κ3) is 3.25. The van der Waals surface area contributed by atoms with Gasteiger partial charge in [-0.1, -0.05) is 48.0 Å². The Balaban J connectivity index is 1.58. The van der Waals surface area contributed by atoms with Crippen molar-refractivity contribution >= 4 is 29.0 Å². The molecular formula is C22H17ClN2O3. The summed E-state index contributed by atoms with van der Waals surface area (Å²) in [6.07, 6.45) is -0.314. The molecule has 0 spiro atoms. The number of halogens is 1. The maximum atomic E-state index is 6.23. The number of ether oxygens (including phenoxy) is 3. The van der Waals surface area contributed by atoms with E-state index in [0.717, 1.165) is 28.3 Å². The van der Waals surface area contributed by atoms with E-state index in [0.29, 0.717) is 30.0 Å². The average molecular weight is 393 g/mol. The molecule has 2 aliphatic rings. The Kier molecular flexibility index (Phi) is 4.29. The minimum absolute atomic E-state index is 0.314. The van der Waals surface area contributed by atoms with Crippen LogP contribution in [0.1, 0.15) is 17.2 Å². The highest BCUT2D eigenvalue weighted by Gasteiger charge is 2.29. The van der Waals surface area contributed by atoms with Crippen LogP contribution in [-0.2, 0) is 4.74 Å². The van der Waals surface area contributed by atoms with Crippen molar-refractivity contribution in [1.82, 2.24) is 0 Å². The molecule has 0 amide bonds. The summed E-state index contributed by atoms with van der Waals surface area (Å²) in [6, 6.07) is 21.7. The quantitative estimate of drug-likeness (QED) is 0.640. The fourth-order valence-electron chi connectivity index (χ4n) is 3.33. The van der Waals surface area contributed by atoms with Gasteiger partial charge in [-0.15, -0.1) is 0 Å². The van der Waals surface area contributed by atoms with Crippen molar-refractivity contribution < 1.29 is 14.2 Å². The molecule has 2 aliphatic heterocycles. The summed E-state index contributed by atoms with van der Waals surface area (Å²) in [4.78, 5) is 4.66. The number of anilines is 1. The standard InChI is InChI=1S/C22H17ClN2O3/c23-15-7-4-8-16(11-15)24-22-25-18-13-20-19(26-9-10-27-20)12-17(18)21(28-22)14-5-2-1-3-6-14/h1-8,11-13,21H,9-10H2,(H,24,25). The van der Waals surface area contributed by atoms with Crippen molar-refractivity contribution in [3.8, 4) is 11.5 Å². The normalized spacial score (nSPS) is 17.2. The fourth-order valence-corrected chi connectivity index (χ4v) is 3.52. The highest BCUT2D eigenvalue weighted by molar-refractivity contribution is 6.30. The second-order valence-corrected chi connectivity index (χ2v) is 6.95. The molecule has 0 saturated heterocycles. The van der Waals surface area contributed by atoms with E-state index < -0.39 is 0 Å². The van der Waals surface area contributed by atoms with Crippen LogP contribution in [0.4, 0.5) is 11.4 Å². The van der Waals surface area contributed by atoms with Crippen molar-refractivity contribution in [3.63, 3.8) is 0 Å². The number of amidine groups is 1. The van der Waals surface area contributed by atoms with Crippen LogP contribution in [0.25, 0.3) is 0 Å². The van der Waals surface area contributed by atoms with Crippen LogP contribution in [0.2, 0.25) is 5.02 Å². The maximum absolute atomic E-state index is 6.23. The first kappa shape index (κ1) is 17.0. The van der Waals surface area contributed by atoms with Gasteiger partial charge in [0.15, 0.2) is 17.6 Å². The molecule has 0 fully saturated rings. The monoisotopic (exact) mass is 392 g/mol. The molecular weight excluding hydrogens is 376 g/mol. The van der Waals surface area contributed by atoms with E-state index in [-0.39, 0.29) is 6.10 Å². The smallest absolute Gasteiger partial charge is 0.295 e. The highest BCUT2D eigenvalue weighted by atomic mass is 35.5. The summed E-state index contributed by atoms with van der Waals surface area (Å²) < 4.78 is 17.7. The van der Waals surface area contributed by atoms with Gasteiger partial charge in [-0.05, 0) is 29.8 Å². The van der Waals surface area contributed by atoms with E-state index in [1.54, 1.807) is 0 Å². The second-order valence-electron chi connectivity index (χ2n) is 6.52. The number of rotatable bonds is 2. The zero-order chi connectivity index (χ0) is 18.9. The second kappa shape index (κ2) is 7.09.